The molecule has 1 fully saturated rings. The highest BCUT2D eigenvalue weighted by atomic mass is 16.6. The summed E-state index contributed by atoms with van der Waals surface area (Å²) in [7, 11) is 4.60. The van der Waals surface area contributed by atoms with Crippen molar-refractivity contribution in [2.75, 3.05) is 41.0 Å². The lowest BCUT2D eigenvalue weighted by Gasteiger charge is -2.24. The predicted octanol–water partition coefficient (Wildman–Crippen LogP) is 3.98. The lowest BCUT2D eigenvalue weighted by atomic mass is 10.1. The van der Waals surface area contributed by atoms with Gasteiger partial charge in [0.25, 0.3) is 0 Å². The van der Waals surface area contributed by atoms with Crippen LogP contribution in [-0.2, 0) is 20.9 Å². The molecule has 0 aromatic heterocycles. The Morgan fingerprint density at radius 2 is 1.56 bits per heavy atom. The first kappa shape index (κ1) is 28.9. The van der Waals surface area contributed by atoms with Crippen LogP contribution in [-0.4, -0.2) is 75.0 Å². The molecule has 1 atom stereocenters. The second kappa shape index (κ2) is 12.0. The number of nitrogens with one attached hydrogen (secondary N) is 1. The van der Waals surface area contributed by atoms with Gasteiger partial charge in [-0.3, -0.25) is 0 Å². The maximum atomic E-state index is 12.6. The summed E-state index contributed by atoms with van der Waals surface area (Å²) in [4.78, 5) is 32.0. The molecule has 36 heavy (non-hydrogen) atoms. The number of oxime groups is 1. The van der Waals surface area contributed by atoms with E-state index in [1.807, 2.05) is 0 Å². The Morgan fingerprint density at radius 3 is 2.06 bits per heavy atom. The Bertz CT molecular complexity index is 925. The summed E-state index contributed by atoms with van der Waals surface area (Å²) in [5.41, 5.74) is 0.0937. The second-order valence-electron chi connectivity index (χ2n) is 10.3. The largest absolute Gasteiger partial charge is 0.493 e. The van der Waals surface area contributed by atoms with Gasteiger partial charge in [0.2, 0.25) is 5.75 Å². The van der Waals surface area contributed by atoms with E-state index in [0.29, 0.717) is 29.5 Å². The quantitative estimate of drug-likeness (QED) is 0.523. The molecule has 2 rings (SSSR count). The number of benzene rings is 1. The van der Waals surface area contributed by atoms with Gasteiger partial charge in [-0.1, -0.05) is 5.16 Å². The molecule has 1 aromatic rings. The minimum Gasteiger partial charge on any atom is -0.493 e. The van der Waals surface area contributed by atoms with E-state index in [0.717, 1.165) is 5.56 Å². The first-order valence-electron chi connectivity index (χ1n) is 11.7. The first-order valence-corrected chi connectivity index (χ1v) is 11.7. The van der Waals surface area contributed by atoms with Crippen molar-refractivity contribution in [1.29, 1.82) is 0 Å². The zero-order chi connectivity index (χ0) is 27.1. The maximum absolute atomic E-state index is 12.6. The van der Waals surface area contributed by atoms with Gasteiger partial charge in [0.15, 0.2) is 11.5 Å². The molecule has 0 aliphatic carbocycles. The Kier molecular flexibility index (Phi) is 9.66. The average Bonchev–Trinajstić information content (AvgIpc) is 3.18. The minimum atomic E-state index is -0.635. The number of carbonyl (C=O) groups excluding carboxylic acids is 2. The summed E-state index contributed by atoms with van der Waals surface area (Å²) in [6, 6.07) is 3.54. The fraction of sp³-hybridized carbons (Fsp3) is 0.640. The summed E-state index contributed by atoms with van der Waals surface area (Å²) in [5, 5.41) is 7.04. The van der Waals surface area contributed by atoms with Crippen LogP contribution < -0.4 is 19.5 Å². The van der Waals surface area contributed by atoms with Crippen LogP contribution in [0.3, 0.4) is 0 Å². The number of likely N-dealkylation sites (tertiary alicyclic amines) is 1. The molecule has 0 bridgehead atoms. The molecule has 1 saturated heterocycles. The zero-order valence-corrected chi connectivity index (χ0v) is 22.7. The number of carbonyl (C=O) groups is 2. The van der Waals surface area contributed by atoms with Crippen LogP contribution in [0.4, 0.5) is 9.59 Å². The van der Waals surface area contributed by atoms with E-state index < -0.39 is 23.4 Å². The summed E-state index contributed by atoms with van der Waals surface area (Å²) in [6.45, 7) is 11.7. The standard InChI is InChI=1S/C25H39N3O8/c1-24(2,3)35-22(29)26-12-17-13-28(23(30)36-25(4,5)6)14-18(17)27-34-15-16-10-19(31-7)21(33-9)20(11-16)32-8/h10-11,17H,12-15H2,1-9H3,(H,26,29)/b27-18+. The SMILES string of the molecule is COc1cc(CO/N=C2\CN(C(=O)OC(C)(C)C)CC2CNC(=O)OC(C)(C)C)cc(OC)c1OC. The molecule has 1 unspecified atom stereocenters. The van der Waals surface area contributed by atoms with Gasteiger partial charge < -0.3 is 38.7 Å². The number of amides is 2. The van der Waals surface area contributed by atoms with E-state index in [-0.39, 0.29) is 25.6 Å². The van der Waals surface area contributed by atoms with Crippen molar-refractivity contribution < 1.29 is 38.1 Å². The van der Waals surface area contributed by atoms with Crippen molar-refractivity contribution in [3.63, 3.8) is 0 Å². The molecule has 11 nitrogen and oxygen atoms in total. The zero-order valence-electron chi connectivity index (χ0n) is 22.7. The van der Waals surface area contributed by atoms with Crippen LogP contribution in [0, 0.1) is 5.92 Å². The fourth-order valence-corrected chi connectivity index (χ4v) is 3.44. The molecule has 11 heteroatoms. The monoisotopic (exact) mass is 509 g/mol. The van der Waals surface area contributed by atoms with Gasteiger partial charge in [-0.05, 0) is 59.2 Å². The van der Waals surface area contributed by atoms with Crippen molar-refractivity contribution >= 4 is 17.9 Å². The molecule has 0 saturated carbocycles. The number of ether oxygens (including phenoxy) is 5. The van der Waals surface area contributed by atoms with Gasteiger partial charge in [0, 0.05) is 19.0 Å². The third-order valence-electron chi connectivity index (χ3n) is 4.95. The number of rotatable bonds is 8. The van der Waals surface area contributed by atoms with E-state index in [4.69, 9.17) is 28.5 Å². The molecule has 1 aliphatic heterocycles. The fourth-order valence-electron chi connectivity index (χ4n) is 3.44. The van der Waals surface area contributed by atoms with Gasteiger partial charge in [-0.15, -0.1) is 0 Å². The van der Waals surface area contributed by atoms with Crippen LogP contribution in [0.15, 0.2) is 17.3 Å². The predicted molar refractivity (Wildman–Crippen MR) is 134 cm³/mol. The van der Waals surface area contributed by atoms with Gasteiger partial charge in [0.05, 0.1) is 33.6 Å². The Hall–Kier alpha value is -3.37. The molecular formula is C25H39N3O8. The van der Waals surface area contributed by atoms with Gasteiger partial charge >= 0.3 is 12.2 Å². The summed E-state index contributed by atoms with van der Waals surface area (Å²) in [5.74, 6) is 1.20. The Morgan fingerprint density at radius 1 is 0.972 bits per heavy atom. The van der Waals surface area contributed by atoms with Crippen molar-refractivity contribution in [3.05, 3.63) is 17.7 Å². The first-order chi connectivity index (χ1) is 16.8. The molecule has 1 aliphatic rings. The molecule has 202 valence electrons. The summed E-state index contributed by atoms with van der Waals surface area (Å²) >= 11 is 0. The van der Waals surface area contributed by atoms with E-state index in [1.165, 1.54) is 26.2 Å². The number of alkyl carbamates (subject to hydrolysis) is 1. The van der Waals surface area contributed by atoms with E-state index in [2.05, 4.69) is 10.5 Å². The summed E-state index contributed by atoms with van der Waals surface area (Å²) in [6.07, 6.45) is -1.00. The molecule has 1 aromatic carbocycles. The molecule has 0 spiro atoms. The molecule has 1 N–H and O–H groups in total. The molecule has 1 heterocycles. The van der Waals surface area contributed by atoms with Crippen LogP contribution in [0.2, 0.25) is 0 Å². The Labute approximate surface area is 213 Å². The molecular weight excluding hydrogens is 470 g/mol. The number of nitrogens with zero attached hydrogens (tertiary/aromatic N) is 2. The molecule has 2 amide bonds. The minimum absolute atomic E-state index is 0.124. The van der Waals surface area contributed by atoms with Crippen LogP contribution in [0.1, 0.15) is 47.1 Å². The van der Waals surface area contributed by atoms with Crippen molar-refractivity contribution in [2.24, 2.45) is 11.1 Å². The highest BCUT2D eigenvalue weighted by Gasteiger charge is 2.35. The van der Waals surface area contributed by atoms with Crippen LogP contribution in [0.25, 0.3) is 0 Å². The average molecular weight is 510 g/mol. The number of hydrogen-bond donors (Lipinski definition) is 1. The van der Waals surface area contributed by atoms with E-state index in [9.17, 15) is 9.59 Å². The van der Waals surface area contributed by atoms with Crippen molar-refractivity contribution in [3.8, 4) is 17.2 Å². The Balaban J connectivity index is 2.15. The van der Waals surface area contributed by atoms with Crippen molar-refractivity contribution in [1.82, 2.24) is 10.2 Å². The smallest absolute Gasteiger partial charge is 0.410 e. The van der Waals surface area contributed by atoms with Crippen molar-refractivity contribution in [2.45, 2.75) is 59.4 Å². The summed E-state index contributed by atoms with van der Waals surface area (Å²) < 4.78 is 26.9. The van der Waals surface area contributed by atoms with Gasteiger partial charge in [0.1, 0.15) is 17.8 Å². The number of hydrogen-bond acceptors (Lipinski definition) is 9. The van der Waals surface area contributed by atoms with Gasteiger partial charge in [-0.25, -0.2) is 9.59 Å². The number of methoxy groups -OCH3 is 3. The lowest BCUT2D eigenvalue weighted by molar-refractivity contribution is 0.0292. The van der Waals surface area contributed by atoms with E-state index >= 15 is 0 Å². The molecule has 0 radical (unpaired) electrons. The lowest BCUT2D eigenvalue weighted by Crippen LogP contribution is -2.38. The normalized spacial score (nSPS) is 17.0. The maximum Gasteiger partial charge on any atom is 0.410 e. The second-order valence-corrected chi connectivity index (χ2v) is 10.3. The van der Waals surface area contributed by atoms with Crippen LogP contribution in [0.5, 0.6) is 17.2 Å². The van der Waals surface area contributed by atoms with Gasteiger partial charge in [-0.2, -0.15) is 0 Å². The highest BCUT2D eigenvalue weighted by Crippen LogP contribution is 2.38. The third kappa shape index (κ3) is 8.69. The third-order valence-corrected chi connectivity index (χ3v) is 4.95. The van der Waals surface area contributed by atoms with E-state index in [1.54, 1.807) is 53.7 Å². The van der Waals surface area contributed by atoms with Crippen LogP contribution >= 0.6 is 0 Å². The highest BCUT2D eigenvalue weighted by molar-refractivity contribution is 5.94. The topological polar surface area (TPSA) is 117 Å².